The summed E-state index contributed by atoms with van der Waals surface area (Å²) in [5, 5.41) is 10.4. The minimum atomic E-state index is -0.848. The van der Waals surface area contributed by atoms with Gasteiger partial charge in [0.15, 0.2) is 0 Å². The second kappa shape index (κ2) is 7.65. The first kappa shape index (κ1) is 17.6. The summed E-state index contributed by atoms with van der Waals surface area (Å²) < 4.78 is 11.4. The molecule has 0 heterocycles. The van der Waals surface area contributed by atoms with Crippen LogP contribution in [-0.2, 0) is 11.3 Å². The molecule has 0 saturated heterocycles. The highest BCUT2D eigenvalue weighted by atomic mass is 127. The lowest BCUT2D eigenvalue weighted by Crippen LogP contribution is -2.28. The standard InChI is InChI=1S/C17H18INO4/c1-11-4-7-16(12(2)8-11)23-10-13-9-14(18)5-6-15(13)19(21)17(20)22-3/h4-9,21H,10H2,1-3H3. The minimum Gasteiger partial charge on any atom is -0.489 e. The number of carbonyl (C=O) groups excluding carboxylic acids is 1. The van der Waals surface area contributed by atoms with Crippen molar-refractivity contribution in [3.05, 3.63) is 56.7 Å². The normalized spacial score (nSPS) is 10.3. The predicted molar refractivity (Wildman–Crippen MR) is 96.1 cm³/mol. The van der Waals surface area contributed by atoms with Crippen LogP contribution >= 0.6 is 22.6 Å². The number of carbonyl (C=O) groups is 1. The van der Waals surface area contributed by atoms with Gasteiger partial charge in [0.1, 0.15) is 12.4 Å². The molecule has 0 aliphatic carbocycles. The smallest absolute Gasteiger partial charge is 0.438 e. The molecule has 6 heteroatoms. The van der Waals surface area contributed by atoms with Crippen molar-refractivity contribution in [3.63, 3.8) is 0 Å². The number of rotatable bonds is 4. The fourth-order valence-corrected chi connectivity index (χ4v) is 2.73. The second-order valence-electron chi connectivity index (χ2n) is 5.11. The van der Waals surface area contributed by atoms with E-state index in [4.69, 9.17) is 4.74 Å². The van der Waals surface area contributed by atoms with Gasteiger partial charge in [-0.05, 0) is 66.3 Å². The molecule has 0 radical (unpaired) electrons. The van der Waals surface area contributed by atoms with Crippen LogP contribution in [0.2, 0.25) is 0 Å². The Bertz CT molecular complexity index is 718. The number of amides is 1. The van der Waals surface area contributed by atoms with Crippen LogP contribution in [0.15, 0.2) is 36.4 Å². The highest BCUT2D eigenvalue weighted by Gasteiger charge is 2.18. The number of methoxy groups -OCH3 is 1. The van der Waals surface area contributed by atoms with Crippen LogP contribution < -0.4 is 9.80 Å². The highest BCUT2D eigenvalue weighted by molar-refractivity contribution is 14.1. The molecule has 0 fully saturated rings. The van der Waals surface area contributed by atoms with Crippen LogP contribution in [0, 0.1) is 17.4 Å². The van der Waals surface area contributed by atoms with Crippen molar-refractivity contribution in [2.75, 3.05) is 12.2 Å². The molecule has 0 aliphatic heterocycles. The quantitative estimate of drug-likeness (QED) is 0.445. The molecule has 5 nitrogen and oxygen atoms in total. The van der Waals surface area contributed by atoms with Crippen molar-refractivity contribution in [3.8, 4) is 5.75 Å². The number of halogens is 1. The molecule has 1 N–H and O–H groups in total. The summed E-state index contributed by atoms with van der Waals surface area (Å²) in [4.78, 5) is 11.5. The molecule has 23 heavy (non-hydrogen) atoms. The van der Waals surface area contributed by atoms with Gasteiger partial charge in [0.25, 0.3) is 0 Å². The van der Waals surface area contributed by atoms with Gasteiger partial charge in [-0.15, -0.1) is 0 Å². The zero-order valence-electron chi connectivity index (χ0n) is 13.2. The summed E-state index contributed by atoms with van der Waals surface area (Å²) >= 11 is 2.17. The number of nitrogens with zero attached hydrogens (tertiary/aromatic N) is 1. The lowest BCUT2D eigenvalue weighted by molar-refractivity contribution is 0.140. The van der Waals surface area contributed by atoms with Gasteiger partial charge in [-0.2, -0.15) is 5.06 Å². The summed E-state index contributed by atoms with van der Waals surface area (Å²) in [5.74, 6) is 0.767. The van der Waals surface area contributed by atoms with Gasteiger partial charge >= 0.3 is 6.09 Å². The van der Waals surface area contributed by atoms with Gasteiger partial charge in [0.2, 0.25) is 0 Å². The van der Waals surface area contributed by atoms with Crippen LogP contribution in [0.1, 0.15) is 16.7 Å². The molecule has 0 spiro atoms. The summed E-state index contributed by atoms with van der Waals surface area (Å²) in [6, 6.07) is 11.2. The third-order valence-corrected chi connectivity index (χ3v) is 4.00. The maximum Gasteiger partial charge on any atom is 0.438 e. The maximum absolute atomic E-state index is 11.5. The van der Waals surface area contributed by atoms with Gasteiger partial charge in [0.05, 0.1) is 12.8 Å². The first-order valence-electron chi connectivity index (χ1n) is 6.98. The number of anilines is 1. The Kier molecular flexibility index (Phi) is 5.84. The molecule has 0 unspecified atom stereocenters. The largest absolute Gasteiger partial charge is 0.489 e. The molecule has 0 atom stereocenters. The second-order valence-corrected chi connectivity index (χ2v) is 6.36. The van der Waals surface area contributed by atoms with Gasteiger partial charge in [-0.3, -0.25) is 5.21 Å². The number of hydrogen-bond acceptors (Lipinski definition) is 4. The van der Waals surface area contributed by atoms with E-state index in [1.807, 2.05) is 38.1 Å². The molecule has 0 saturated carbocycles. The Morgan fingerprint density at radius 3 is 2.61 bits per heavy atom. The molecule has 2 rings (SSSR count). The summed E-state index contributed by atoms with van der Waals surface area (Å²) in [6.07, 6.45) is -0.848. The summed E-state index contributed by atoms with van der Waals surface area (Å²) in [7, 11) is 1.21. The topological polar surface area (TPSA) is 59.0 Å². The van der Waals surface area contributed by atoms with E-state index in [2.05, 4.69) is 27.3 Å². The molecule has 0 aromatic heterocycles. The molecular formula is C17H18INO4. The SMILES string of the molecule is COC(=O)N(O)c1ccc(I)cc1COc1ccc(C)cc1C. The van der Waals surface area contributed by atoms with Gasteiger partial charge in [-0.25, -0.2) is 4.79 Å². The first-order valence-corrected chi connectivity index (χ1v) is 8.05. The molecule has 2 aromatic carbocycles. The van der Waals surface area contributed by atoms with Crippen LogP contribution in [0.5, 0.6) is 5.75 Å². The lowest BCUT2D eigenvalue weighted by Gasteiger charge is -2.18. The summed E-state index contributed by atoms with van der Waals surface area (Å²) in [5.41, 5.74) is 3.22. The Morgan fingerprint density at radius 2 is 1.96 bits per heavy atom. The number of ether oxygens (including phenoxy) is 2. The number of hydroxylamine groups is 1. The van der Waals surface area contributed by atoms with E-state index < -0.39 is 6.09 Å². The highest BCUT2D eigenvalue weighted by Crippen LogP contribution is 2.26. The van der Waals surface area contributed by atoms with E-state index in [1.165, 1.54) is 7.11 Å². The fourth-order valence-electron chi connectivity index (χ4n) is 2.18. The van der Waals surface area contributed by atoms with Crippen molar-refractivity contribution in [1.82, 2.24) is 0 Å². The molecule has 1 amide bonds. The maximum atomic E-state index is 11.5. The van der Waals surface area contributed by atoms with Crippen LogP contribution in [0.3, 0.4) is 0 Å². The first-order chi connectivity index (χ1) is 10.9. The number of aryl methyl sites for hydroxylation is 2. The average molecular weight is 427 g/mol. The monoisotopic (exact) mass is 427 g/mol. The molecular weight excluding hydrogens is 409 g/mol. The molecule has 0 bridgehead atoms. The van der Waals surface area contributed by atoms with Crippen molar-refractivity contribution < 1.29 is 19.5 Å². The Hall–Kier alpha value is -1.80. The Labute approximate surface area is 148 Å². The van der Waals surface area contributed by atoms with E-state index >= 15 is 0 Å². The van der Waals surface area contributed by atoms with Crippen LogP contribution in [-0.4, -0.2) is 18.4 Å². The van der Waals surface area contributed by atoms with Crippen molar-refractivity contribution in [2.45, 2.75) is 20.5 Å². The van der Waals surface area contributed by atoms with E-state index in [9.17, 15) is 10.0 Å². The van der Waals surface area contributed by atoms with Crippen molar-refractivity contribution in [1.29, 1.82) is 0 Å². The molecule has 122 valence electrons. The molecule has 2 aromatic rings. The predicted octanol–water partition coefficient (Wildman–Crippen LogP) is 4.45. The lowest BCUT2D eigenvalue weighted by atomic mass is 10.1. The van der Waals surface area contributed by atoms with Gasteiger partial charge in [0, 0.05) is 9.13 Å². The van der Waals surface area contributed by atoms with E-state index in [0.717, 1.165) is 20.4 Å². The van der Waals surface area contributed by atoms with Crippen LogP contribution in [0.25, 0.3) is 0 Å². The number of benzene rings is 2. The zero-order chi connectivity index (χ0) is 17.0. The zero-order valence-corrected chi connectivity index (χ0v) is 15.3. The van der Waals surface area contributed by atoms with E-state index in [-0.39, 0.29) is 6.61 Å². The van der Waals surface area contributed by atoms with Crippen LogP contribution in [0.4, 0.5) is 10.5 Å². The van der Waals surface area contributed by atoms with Gasteiger partial charge in [-0.1, -0.05) is 17.7 Å². The minimum absolute atomic E-state index is 0.226. The third kappa shape index (κ3) is 4.35. The molecule has 0 aliphatic rings. The summed E-state index contributed by atoms with van der Waals surface area (Å²) in [6.45, 7) is 4.23. The Balaban J connectivity index is 2.24. The van der Waals surface area contributed by atoms with Crippen molar-refractivity contribution in [2.24, 2.45) is 0 Å². The van der Waals surface area contributed by atoms with Crippen molar-refractivity contribution >= 4 is 34.4 Å². The third-order valence-electron chi connectivity index (χ3n) is 3.33. The number of hydrogen-bond donors (Lipinski definition) is 1. The Morgan fingerprint density at radius 1 is 1.22 bits per heavy atom. The average Bonchev–Trinajstić information content (AvgIpc) is 2.52. The fraction of sp³-hybridized carbons (Fsp3) is 0.235. The van der Waals surface area contributed by atoms with E-state index in [1.54, 1.807) is 12.1 Å². The van der Waals surface area contributed by atoms with Gasteiger partial charge < -0.3 is 9.47 Å². The van der Waals surface area contributed by atoms with E-state index in [0.29, 0.717) is 16.3 Å².